The van der Waals surface area contributed by atoms with Gasteiger partial charge in [-0.1, -0.05) is 121 Å². The molecule has 0 spiro atoms. The second-order valence-electron chi connectivity index (χ2n) is 10.4. The fraction of sp³-hybridized carbons (Fsp3) is 0.206. The van der Waals surface area contributed by atoms with Crippen molar-refractivity contribution >= 4 is 51.8 Å². The first-order valence-corrected chi connectivity index (χ1v) is 15.7. The zero-order valence-electron chi connectivity index (χ0n) is 23.7. The van der Waals surface area contributed by atoms with Crippen LogP contribution >= 0.6 is 18.5 Å². The summed E-state index contributed by atoms with van der Waals surface area (Å²) in [4.78, 5) is 27.9. The maximum absolute atomic E-state index is 14.4. The molecule has 4 aromatic carbocycles. The van der Waals surface area contributed by atoms with Crippen molar-refractivity contribution in [3.05, 3.63) is 126 Å². The van der Waals surface area contributed by atoms with Gasteiger partial charge in [0.05, 0.1) is 17.9 Å². The van der Waals surface area contributed by atoms with Gasteiger partial charge in [0.2, 0.25) is 0 Å². The number of hydrogen-bond donors (Lipinski definition) is 1. The van der Waals surface area contributed by atoms with E-state index >= 15 is 0 Å². The summed E-state index contributed by atoms with van der Waals surface area (Å²) in [5.74, 6) is -0.515. The molecule has 1 amide bonds. The van der Waals surface area contributed by atoms with Crippen molar-refractivity contribution < 1.29 is 19.1 Å². The molecule has 1 N–H and O–H groups in total. The number of esters is 1. The Morgan fingerprint density at radius 3 is 1.61 bits per heavy atom. The molecule has 0 bridgehead atoms. The van der Waals surface area contributed by atoms with Gasteiger partial charge < -0.3 is 14.8 Å². The Morgan fingerprint density at radius 1 is 0.756 bits per heavy atom. The Hall–Kier alpha value is -3.79. The highest BCUT2D eigenvalue weighted by Crippen LogP contribution is 2.49. The van der Waals surface area contributed by atoms with Gasteiger partial charge in [-0.05, 0) is 62.1 Å². The number of alkyl carbamates (subject to hydrolysis) is 1. The molecule has 4 aromatic rings. The number of hydrogen-bond acceptors (Lipinski definition) is 4. The number of carbonyl (C=O) groups is 2. The Balaban J connectivity index is 2.25. The molecule has 0 aliphatic carbocycles. The molecule has 0 aliphatic heterocycles. The second kappa shape index (κ2) is 13.2. The Kier molecular flexibility index (Phi) is 9.75. The summed E-state index contributed by atoms with van der Waals surface area (Å²) in [7, 11) is 0. The first-order valence-electron chi connectivity index (χ1n) is 13.5. The Morgan fingerprint density at radius 2 is 1.20 bits per heavy atom. The molecule has 5 nitrogen and oxygen atoms in total. The van der Waals surface area contributed by atoms with Gasteiger partial charge in [-0.2, -0.15) is 0 Å². The molecule has 0 saturated carbocycles. The van der Waals surface area contributed by atoms with E-state index in [9.17, 15) is 9.59 Å². The quantitative estimate of drug-likeness (QED) is 0.185. The zero-order chi connectivity index (χ0) is 29.5. The molecule has 7 heteroatoms. The standard InChI is InChI=1S/C34H35ClNO4P/c1-5-39-32(37)31(30(28-23-15-16-24-29(28)35)36-33(38)40-34(2,3)4)41(25-17-9-6-10-18-25,26-19-11-7-12-20-26)27-21-13-8-14-22-27/h6-24,30H,5H2,1-4H3,(H,36,38)/t30-/m1/s1. The SMILES string of the molecule is CCOC(=O)C([C@H](NC(=O)OC(C)(C)C)c1ccccc1Cl)=P(c1ccccc1)(c1ccccc1)c1ccccc1. The van der Waals surface area contributed by atoms with E-state index in [0.29, 0.717) is 15.9 Å². The maximum Gasteiger partial charge on any atom is 0.408 e. The van der Waals surface area contributed by atoms with Crippen molar-refractivity contribution in [3.63, 3.8) is 0 Å². The first kappa shape index (κ1) is 30.2. The molecular weight excluding hydrogens is 553 g/mol. The van der Waals surface area contributed by atoms with E-state index in [1.54, 1.807) is 33.8 Å². The predicted molar refractivity (Wildman–Crippen MR) is 170 cm³/mol. The van der Waals surface area contributed by atoms with E-state index < -0.39 is 30.6 Å². The lowest BCUT2D eigenvalue weighted by Crippen LogP contribution is -2.44. The molecule has 0 unspecified atom stereocenters. The zero-order valence-corrected chi connectivity index (χ0v) is 25.4. The first-order chi connectivity index (χ1) is 19.7. The summed E-state index contributed by atoms with van der Waals surface area (Å²) in [5.41, 5.74) is -0.195. The van der Waals surface area contributed by atoms with Crippen molar-refractivity contribution in [3.8, 4) is 0 Å². The monoisotopic (exact) mass is 587 g/mol. The lowest BCUT2D eigenvalue weighted by Gasteiger charge is -2.36. The molecule has 1 atom stereocenters. The number of rotatable bonds is 8. The molecule has 0 radical (unpaired) electrons. The maximum atomic E-state index is 14.4. The van der Waals surface area contributed by atoms with Crippen LogP contribution in [0.1, 0.15) is 39.3 Å². The number of carbonyl (C=O) groups excluding carboxylic acids is 2. The van der Waals surface area contributed by atoms with Crippen LogP contribution in [0.15, 0.2) is 115 Å². The summed E-state index contributed by atoms with van der Waals surface area (Å²) in [6.45, 7) is 4.32. The normalized spacial score (nSPS) is 12.2. The highest BCUT2D eigenvalue weighted by Gasteiger charge is 2.40. The minimum Gasteiger partial charge on any atom is -0.463 e. The van der Waals surface area contributed by atoms with Crippen LogP contribution in [-0.2, 0) is 14.3 Å². The highest BCUT2D eigenvalue weighted by molar-refractivity contribution is 7.96. The molecule has 0 fully saturated rings. The minimum atomic E-state index is -2.98. The minimum absolute atomic E-state index is 0.155. The number of ether oxygens (including phenoxy) is 2. The number of benzene rings is 4. The van der Waals surface area contributed by atoms with Crippen molar-refractivity contribution in [1.82, 2.24) is 5.32 Å². The summed E-state index contributed by atoms with van der Waals surface area (Å²) >= 11 is 6.80. The molecule has 0 saturated heterocycles. The number of nitrogens with one attached hydrogen (secondary N) is 1. The molecule has 4 rings (SSSR count). The molecule has 0 aliphatic rings. The summed E-state index contributed by atoms with van der Waals surface area (Å²) in [6, 6.07) is 36.1. The third kappa shape index (κ3) is 6.75. The van der Waals surface area contributed by atoms with Crippen LogP contribution in [0, 0.1) is 0 Å². The van der Waals surface area contributed by atoms with Crippen LogP contribution in [0.4, 0.5) is 4.79 Å². The Bertz CT molecular complexity index is 1430. The third-order valence-electron chi connectivity index (χ3n) is 6.43. The predicted octanol–water partition coefficient (Wildman–Crippen LogP) is 6.64. The van der Waals surface area contributed by atoms with Crippen molar-refractivity contribution in [1.29, 1.82) is 0 Å². The molecular formula is C34H35ClNO4P. The van der Waals surface area contributed by atoms with Gasteiger partial charge in [0.1, 0.15) is 5.60 Å². The molecule has 0 aromatic heterocycles. The Labute approximate surface area is 247 Å². The lowest BCUT2D eigenvalue weighted by molar-refractivity contribution is -0.135. The van der Waals surface area contributed by atoms with Gasteiger partial charge in [-0.3, -0.25) is 0 Å². The summed E-state index contributed by atoms with van der Waals surface area (Å²) in [5, 5.41) is 6.63. The van der Waals surface area contributed by atoms with Gasteiger partial charge in [-0.15, -0.1) is 0 Å². The van der Waals surface area contributed by atoms with Crippen LogP contribution in [0.25, 0.3) is 0 Å². The van der Waals surface area contributed by atoms with Gasteiger partial charge >= 0.3 is 12.1 Å². The van der Waals surface area contributed by atoms with Gasteiger partial charge in [0.25, 0.3) is 0 Å². The largest absolute Gasteiger partial charge is 0.463 e. The molecule has 212 valence electrons. The van der Waals surface area contributed by atoms with Gasteiger partial charge in [0.15, 0.2) is 0 Å². The topological polar surface area (TPSA) is 64.6 Å². The fourth-order valence-corrected chi connectivity index (χ4v) is 9.66. The van der Waals surface area contributed by atoms with E-state index in [-0.39, 0.29) is 6.61 Å². The van der Waals surface area contributed by atoms with Crippen LogP contribution in [0.5, 0.6) is 0 Å². The third-order valence-corrected chi connectivity index (χ3v) is 11.2. The van der Waals surface area contributed by atoms with E-state index in [0.717, 1.165) is 15.9 Å². The molecule has 41 heavy (non-hydrogen) atoms. The molecule has 0 heterocycles. The van der Waals surface area contributed by atoms with Gasteiger partial charge in [0, 0.05) is 5.02 Å². The number of halogens is 1. The fourth-order valence-electron chi connectivity index (χ4n) is 4.90. The van der Waals surface area contributed by atoms with E-state index in [1.807, 2.05) is 109 Å². The average Bonchev–Trinajstić information content (AvgIpc) is 2.96. The van der Waals surface area contributed by atoms with E-state index in [2.05, 4.69) is 5.32 Å². The van der Waals surface area contributed by atoms with Crippen molar-refractivity contribution in [2.75, 3.05) is 6.61 Å². The van der Waals surface area contributed by atoms with Crippen LogP contribution < -0.4 is 21.2 Å². The van der Waals surface area contributed by atoms with E-state index in [4.69, 9.17) is 21.1 Å². The van der Waals surface area contributed by atoms with Crippen molar-refractivity contribution in [2.24, 2.45) is 0 Å². The van der Waals surface area contributed by atoms with Crippen LogP contribution in [0.2, 0.25) is 5.02 Å². The highest BCUT2D eigenvalue weighted by atomic mass is 35.5. The van der Waals surface area contributed by atoms with Crippen LogP contribution in [0.3, 0.4) is 0 Å². The van der Waals surface area contributed by atoms with Crippen molar-refractivity contribution in [2.45, 2.75) is 39.3 Å². The second-order valence-corrected chi connectivity index (χ2v) is 14.2. The summed E-state index contributed by atoms with van der Waals surface area (Å²) < 4.78 is 11.5. The lowest BCUT2D eigenvalue weighted by atomic mass is 10.0. The smallest absolute Gasteiger partial charge is 0.408 e. The van der Waals surface area contributed by atoms with Gasteiger partial charge in [-0.25, -0.2) is 9.59 Å². The van der Waals surface area contributed by atoms with Crippen LogP contribution in [-0.4, -0.2) is 29.6 Å². The average molecular weight is 588 g/mol. The number of amides is 1. The summed E-state index contributed by atoms with van der Waals surface area (Å²) in [6.07, 6.45) is -0.670. The van der Waals surface area contributed by atoms with E-state index in [1.165, 1.54) is 0 Å².